The molecule has 0 amide bonds. The topological polar surface area (TPSA) is 69.2 Å². The lowest BCUT2D eigenvalue weighted by molar-refractivity contribution is -0.311. The maximum absolute atomic E-state index is 11.2. The molecule has 1 fully saturated rings. The lowest BCUT2D eigenvalue weighted by Crippen LogP contribution is -2.44. The van der Waals surface area contributed by atoms with E-state index in [1.807, 2.05) is 0 Å². The van der Waals surface area contributed by atoms with Crippen molar-refractivity contribution in [3.05, 3.63) is 16.8 Å². The predicted octanol–water partition coefficient (Wildman–Crippen LogP) is 1.15. The van der Waals surface area contributed by atoms with Crippen LogP contribution in [0, 0.1) is 5.92 Å². The molecule has 2 aromatic heterocycles. The van der Waals surface area contributed by atoms with Gasteiger partial charge >= 0.3 is 0 Å². The summed E-state index contributed by atoms with van der Waals surface area (Å²) in [4.78, 5) is 24.6. The first-order valence-corrected chi connectivity index (χ1v) is 8.26. The summed E-state index contributed by atoms with van der Waals surface area (Å²) >= 11 is 1.77. The third-order valence-corrected chi connectivity index (χ3v) is 5.74. The monoisotopic (exact) mass is 302 g/mol. The third kappa shape index (κ3) is 2.09. The van der Waals surface area contributed by atoms with Crippen molar-refractivity contribution in [3.63, 3.8) is 0 Å². The van der Waals surface area contributed by atoms with Crippen LogP contribution in [-0.2, 0) is 17.6 Å². The number of aryl methyl sites for hydroxylation is 2. The number of fused-ring (bicyclic) bond motifs is 3. The second-order valence-corrected chi connectivity index (χ2v) is 6.92. The highest BCUT2D eigenvalue weighted by Gasteiger charge is 2.27. The van der Waals surface area contributed by atoms with Crippen LogP contribution in [0.4, 0.5) is 5.82 Å². The Balaban J connectivity index is 1.78. The van der Waals surface area contributed by atoms with E-state index in [0.29, 0.717) is 13.0 Å². The van der Waals surface area contributed by atoms with E-state index in [0.717, 1.165) is 41.8 Å². The Hall–Kier alpha value is -1.69. The largest absolute Gasteiger partial charge is 0.550 e. The van der Waals surface area contributed by atoms with Crippen molar-refractivity contribution in [1.82, 2.24) is 9.97 Å². The Bertz CT molecular complexity index is 712. The number of hydrogen-bond acceptors (Lipinski definition) is 6. The molecule has 0 N–H and O–H groups in total. The molecule has 1 saturated heterocycles. The highest BCUT2D eigenvalue weighted by atomic mass is 32.1. The number of rotatable bonds is 2. The van der Waals surface area contributed by atoms with E-state index in [-0.39, 0.29) is 0 Å². The Labute approximate surface area is 126 Å². The van der Waals surface area contributed by atoms with Crippen LogP contribution >= 0.6 is 11.3 Å². The van der Waals surface area contributed by atoms with Gasteiger partial charge in [0.05, 0.1) is 5.39 Å². The van der Waals surface area contributed by atoms with Gasteiger partial charge in [-0.15, -0.1) is 11.3 Å². The van der Waals surface area contributed by atoms with Crippen LogP contribution in [-0.4, -0.2) is 29.0 Å². The van der Waals surface area contributed by atoms with Gasteiger partial charge in [-0.05, 0) is 37.7 Å². The third-order valence-electron chi connectivity index (χ3n) is 4.54. The van der Waals surface area contributed by atoms with Crippen molar-refractivity contribution >= 4 is 33.3 Å². The minimum Gasteiger partial charge on any atom is -0.550 e. The molecule has 0 aromatic carbocycles. The molecule has 6 heteroatoms. The molecule has 3 heterocycles. The molecule has 0 radical (unpaired) electrons. The van der Waals surface area contributed by atoms with Gasteiger partial charge in [-0.2, -0.15) is 0 Å². The molecule has 1 atom stereocenters. The van der Waals surface area contributed by atoms with Crippen LogP contribution in [0.3, 0.4) is 0 Å². The van der Waals surface area contributed by atoms with Gasteiger partial charge in [0.2, 0.25) is 0 Å². The van der Waals surface area contributed by atoms with Crippen molar-refractivity contribution in [2.45, 2.75) is 32.1 Å². The maximum Gasteiger partial charge on any atom is 0.141 e. The number of carboxylic acids is 1. The SMILES string of the molecule is O=C([O-])[C@H]1CCCN(c2ncnc3sc4c(c23)CCC4)C1. The lowest BCUT2D eigenvalue weighted by Gasteiger charge is -2.34. The summed E-state index contributed by atoms with van der Waals surface area (Å²) in [5.74, 6) is -0.415. The van der Waals surface area contributed by atoms with Crippen LogP contribution in [0.1, 0.15) is 29.7 Å². The minimum absolute atomic E-state index is 0.393. The van der Waals surface area contributed by atoms with E-state index in [1.54, 1.807) is 17.7 Å². The Morgan fingerprint density at radius 2 is 2.24 bits per heavy atom. The lowest BCUT2D eigenvalue weighted by atomic mass is 9.98. The van der Waals surface area contributed by atoms with Gasteiger partial charge in [-0.25, -0.2) is 9.97 Å². The second kappa shape index (κ2) is 4.94. The first-order valence-electron chi connectivity index (χ1n) is 7.45. The van der Waals surface area contributed by atoms with Crippen LogP contribution in [0.2, 0.25) is 0 Å². The molecule has 1 aliphatic heterocycles. The number of carbonyl (C=O) groups excluding carboxylic acids is 1. The number of anilines is 1. The summed E-state index contributed by atoms with van der Waals surface area (Å²) in [5, 5.41) is 12.3. The van der Waals surface area contributed by atoms with E-state index in [4.69, 9.17) is 0 Å². The van der Waals surface area contributed by atoms with Crippen LogP contribution < -0.4 is 10.0 Å². The molecule has 2 aliphatic rings. The average Bonchev–Trinajstić information content (AvgIpc) is 3.07. The average molecular weight is 302 g/mol. The molecule has 0 bridgehead atoms. The number of aliphatic carboxylic acids is 1. The Morgan fingerprint density at radius 1 is 1.33 bits per heavy atom. The summed E-state index contributed by atoms with van der Waals surface area (Å²) in [6.45, 7) is 1.36. The van der Waals surface area contributed by atoms with Gasteiger partial charge < -0.3 is 14.8 Å². The first-order chi connectivity index (χ1) is 10.2. The van der Waals surface area contributed by atoms with Crippen molar-refractivity contribution in [2.75, 3.05) is 18.0 Å². The fraction of sp³-hybridized carbons (Fsp3) is 0.533. The van der Waals surface area contributed by atoms with Gasteiger partial charge in [0, 0.05) is 29.9 Å². The zero-order valence-corrected chi connectivity index (χ0v) is 12.5. The van der Waals surface area contributed by atoms with E-state index < -0.39 is 11.9 Å². The van der Waals surface area contributed by atoms with Gasteiger partial charge in [0.1, 0.15) is 17.0 Å². The maximum atomic E-state index is 11.2. The number of hydrogen-bond donors (Lipinski definition) is 0. The fourth-order valence-corrected chi connectivity index (χ4v) is 4.74. The molecule has 110 valence electrons. The fourth-order valence-electron chi connectivity index (χ4n) is 3.51. The Morgan fingerprint density at radius 3 is 3.10 bits per heavy atom. The molecule has 0 spiro atoms. The zero-order chi connectivity index (χ0) is 14.4. The smallest absolute Gasteiger partial charge is 0.141 e. The van der Waals surface area contributed by atoms with Crippen molar-refractivity contribution in [3.8, 4) is 0 Å². The summed E-state index contributed by atoms with van der Waals surface area (Å²) in [5.41, 5.74) is 1.39. The molecule has 21 heavy (non-hydrogen) atoms. The molecule has 0 unspecified atom stereocenters. The minimum atomic E-state index is -0.944. The molecule has 0 saturated carbocycles. The first kappa shape index (κ1) is 13.0. The Kier molecular flexibility index (Phi) is 3.06. The van der Waals surface area contributed by atoms with Gasteiger partial charge in [-0.3, -0.25) is 0 Å². The molecular weight excluding hydrogens is 286 g/mol. The van der Waals surface area contributed by atoms with E-state index in [9.17, 15) is 9.90 Å². The number of carbonyl (C=O) groups is 1. The number of carboxylic acid groups (broad SMARTS) is 1. The molecule has 4 rings (SSSR count). The summed E-state index contributed by atoms with van der Waals surface area (Å²) in [7, 11) is 0. The number of aromatic nitrogens is 2. The molecule has 1 aliphatic carbocycles. The second-order valence-electron chi connectivity index (χ2n) is 5.84. The highest BCUT2D eigenvalue weighted by Crippen LogP contribution is 2.40. The van der Waals surface area contributed by atoms with Crippen molar-refractivity contribution < 1.29 is 9.90 Å². The predicted molar refractivity (Wildman–Crippen MR) is 79.4 cm³/mol. The van der Waals surface area contributed by atoms with Gasteiger partial charge in [0.25, 0.3) is 0 Å². The van der Waals surface area contributed by atoms with Crippen LogP contribution in [0.25, 0.3) is 10.2 Å². The summed E-state index contributed by atoms with van der Waals surface area (Å²) in [6, 6.07) is 0. The van der Waals surface area contributed by atoms with Crippen LogP contribution in [0.15, 0.2) is 6.33 Å². The number of thiophene rings is 1. The molecular formula is C15H16N3O2S-. The van der Waals surface area contributed by atoms with E-state index in [2.05, 4.69) is 14.9 Å². The van der Waals surface area contributed by atoms with E-state index >= 15 is 0 Å². The zero-order valence-electron chi connectivity index (χ0n) is 11.7. The summed E-state index contributed by atoms with van der Waals surface area (Å²) in [6.07, 6.45) is 6.61. The summed E-state index contributed by atoms with van der Waals surface area (Å²) < 4.78 is 0. The number of nitrogens with zero attached hydrogens (tertiary/aromatic N) is 3. The van der Waals surface area contributed by atoms with E-state index in [1.165, 1.54) is 16.9 Å². The standard InChI is InChI=1S/C15H17N3O2S/c19-15(20)9-3-2-6-18(7-9)13-12-10-4-1-5-11(10)21-14(12)17-8-16-13/h8-9H,1-7H2,(H,19,20)/p-1/t9-/m0/s1. The van der Waals surface area contributed by atoms with Crippen LogP contribution in [0.5, 0.6) is 0 Å². The molecule has 2 aromatic rings. The molecule has 5 nitrogen and oxygen atoms in total. The van der Waals surface area contributed by atoms with Gasteiger partial charge in [0.15, 0.2) is 0 Å². The quantitative estimate of drug-likeness (QED) is 0.832. The highest BCUT2D eigenvalue weighted by molar-refractivity contribution is 7.19. The number of piperidine rings is 1. The van der Waals surface area contributed by atoms with Crippen molar-refractivity contribution in [1.29, 1.82) is 0 Å². The van der Waals surface area contributed by atoms with Gasteiger partial charge in [-0.1, -0.05) is 0 Å². The van der Waals surface area contributed by atoms with Crippen molar-refractivity contribution in [2.24, 2.45) is 5.92 Å². The normalized spacial score (nSPS) is 21.7.